The van der Waals surface area contributed by atoms with E-state index in [9.17, 15) is 4.79 Å². The second-order valence-electron chi connectivity index (χ2n) is 5.61. The molecule has 0 fully saturated rings. The highest BCUT2D eigenvalue weighted by atomic mass is 16.6. The van der Waals surface area contributed by atoms with Crippen LogP contribution >= 0.6 is 0 Å². The van der Waals surface area contributed by atoms with Crippen LogP contribution in [0.15, 0.2) is 41.9 Å². The highest BCUT2D eigenvalue weighted by Gasteiger charge is 2.18. The number of carbonyl (C=O) groups is 1. The minimum atomic E-state index is -0.381. The summed E-state index contributed by atoms with van der Waals surface area (Å²) < 4.78 is 26.5. The molecule has 0 saturated carbocycles. The second kappa shape index (κ2) is 8.99. The molecule has 1 aromatic rings. The van der Waals surface area contributed by atoms with E-state index in [0.29, 0.717) is 28.8 Å². The van der Waals surface area contributed by atoms with Crippen LogP contribution in [0.1, 0.15) is 18.9 Å². The van der Waals surface area contributed by atoms with E-state index in [0.717, 1.165) is 12.0 Å². The number of hydrogen-bond acceptors (Lipinski definition) is 6. The Kier molecular flexibility index (Phi) is 6.72. The first-order chi connectivity index (χ1) is 12.5. The van der Waals surface area contributed by atoms with Gasteiger partial charge in [0.1, 0.15) is 0 Å². The summed E-state index contributed by atoms with van der Waals surface area (Å²) in [4.78, 5) is 11.3. The zero-order valence-corrected chi connectivity index (χ0v) is 15.7. The Morgan fingerprint density at radius 1 is 1.00 bits per heavy atom. The smallest absolute Gasteiger partial charge is 0.308 e. The molecule has 6 nitrogen and oxygen atoms in total. The number of rotatable bonds is 7. The molecule has 0 aromatic heterocycles. The van der Waals surface area contributed by atoms with E-state index < -0.39 is 0 Å². The quantitative estimate of drug-likeness (QED) is 0.691. The van der Waals surface area contributed by atoms with Crippen LogP contribution in [0.2, 0.25) is 0 Å². The lowest BCUT2D eigenvalue weighted by molar-refractivity contribution is -0.137. The second-order valence-corrected chi connectivity index (χ2v) is 5.61. The van der Waals surface area contributed by atoms with Gasteiger partial charge in [0.05, 0.1) is 28.4 Å². The molecule has 1 aromatic carbocycles. The first-order valence-corrected chi connectivity index (χ1v) is 8.15. The Morgan fingerprint density at radius 2 is 1.65 bits per heavy atom. The van der Waals surface area contributed by atoms with E-state index in [1.807, 2.05) is 36.4 Å². The van der Waals surface area contributed by atoms with E-state index in [2.05, 4.69) is 0 Å². The number of allylic oxidation sites excluding steroid dienone is 3. The van der Waals surface area contributed by atoms with Crippen LogP contribution in [-0.2, 0) is 14.3 Å². The molecule has 1 aliphatic rings. The first kappa shape index (κ1) is 19.4. The molecule has 0 saturated heterocycles. The van der Waals surface area contributed by atoms with E-state index in [4.69, 9.17) is 23.7 Å². The van der Waals surface area contributed by atoms with E-state index in [1.54, 1.807) is 28.4 Å². The molecule has 1 unspecified atom stereocenters. The van der Waals surface area contributed by atoms with Gasteiger partial charge in [-0.25, -0.2) is 0 Å². The van der Waals surface area contributed by atoms with Crippen LogP contribution in [0.25, 0.3) is 6.08 Å². The van der Waals surface area contributed by atoms with Gasteiger partial charge in [-0.2, -0.15) is 0 Å². The molecule has 0 amide bonds. The lowest BCUT2D eigenvalue weighted by Crippen LogP contribution is -2.09. The number of methoxy groups -OCH3 is 4. The SMILES string of the molecule is COC1=CCC(/C=C\c2cc(OC)c(OC)c(OC)c2)C=C1OC(C)=O. The van der Waals surface area contributed by atoms with Crippen molar-refractivity contribution in [2.24, 2.45) is 5.92 Å². The molecular weight excluding hydrogens is 336 g/mol. The molecule has 0 spiro atoms. The number of carbonyl (C=O) groups excluding carboxylic acids is 1. The van der Waals surface area contributed by atoms with Gasteiger partial charge in [0.15, 0.2) is 23.0 Å². The number of esters is 1. The topological polar surface area (TPSA) is 63.2 Å². The molecular formula is C20H24O6. The van der Waals surface area contributed by atoms with Crippen molar-refractivity contribution in [3.05, 3.63) is 47.4 Å². The Balaban J connectivity index is 2.25. The predicted molar refractivity (Wildman–Crippen MR) is 98.2 cm³/mol. The summed E-state index contributed by atoms with van der Waals surface area (Å²) in [6, 6.07) is 3.74. The Morgan fingerprint density at radius 3 is 2.15 bits per heavy atom. The zero-order valence-electron chi connectivity index (χ0n) is 15.7. The van der Waals surface area contributed by atoms with E-state index in [-0.39, 0.29) is 11.9 Å². The number of benzene rings is 1. The predicted octanol–water partition coefficient (Wildman–Crippen LogP) is 3.72. The van der Waals surface area contributed by atoms with Crippen molar-refractivity contribution in [1.82, 2.24) is 0 Å². The maximum atomic E-state index is 11.3. The summed E-state index contributed by atoms with van der Waals surface area (Å²) in [5, 5.41) is 0. The monoisotopic (exact) mass is 360 g/mol. The molecule has 2 rings (SSSR count). The lowest BCUT2D eigenvalue weighted by atomic mass is 9.97. The summed E-state index contributed by atoms with van der Waals surface area (Å²) in [5.41, 5.74) is 0.906. The van der Waals surface area contributed by atoms with Crippen molar-refractivity contribution >= 4 is 12.0 Å². The van der Waals surface area contributed by atoms with E-state index >= 15 is 0 Å². The van der Waals surface area contributed by atoms with Gasteiger partial charge in [-0.3, -0.25) is 4.79 Å². The van der Waals surface area contributed by atoms with Crippen molar-refractivity contribution in [2.45, 2.75) is 13.3 Å². The first-order valence-electron chi connectivity index (χ1n) is 8.15. The zero-order chi connectivity index (χ0) is 19.1. The Bertz CT molecular complexity index is 720. The van der Waals surface area contributed by atoms with Gasteiger partial charge < -0.3 is 23.7 Å². The van der Waals surface area contributed by atoms with Crippen LogP contribution in [0, 0.1) is 5.92 Å². The van der Waals surface area contributed by atoms with Gasteiger partial charge in [-0.15, -0.1) is 0 Å². The van der Waals surface area contributed by atoms with Crippen molar-refractivity contribution in [2.75, 3.05) is 28.4 Å². The van der Waals surface area contributed by atoms with Gasteiger partial charge in [-0.05, 0) is 36.3 Å². The minimum absolute atomic E-state index is 0.0716. The van der Waals surface area contributed by atoms with Crippen LogP contribution in [0.4, 0.5) is 0 Å². The van der Waals surface area contributed by atoms with Crippen LogP contribution < -0.4 is 14.2 Å². The maximum Gasteiger partial charge on any atom is 0.308 e. The van der Waals surface area contributed by atoms with Gasteiger partial charge >= 0.3 is 5.97 Å². The molecule has 0 radical (unpaired) electrons. The average molecular weight is 360 g/mol. The van der Waals surface area contributed by atoms with Crippen molar-refractivity contribution in [1.29, 1.82) is 0 Å². The third-order valence-electron chi connectivity index (χ3n) is 3.88. The van der Waals surface area contributed by atoms with Crippen molar-refractivity contribution in [3.8, 4) is 17.2 Å². The highest BCUT2D eigenvalue weighted by Crippen LogP contribution is 2.38. The molecule has 6 heteroatoms. The fourth-order valence-corrected chi connectivity index (χ4v) is 2.68. The molecule has 0 aliphatic heterocycles. The van der Waals surface area contributed by atoms with Gasteiger partial charge in [0.25, 0.3) is 0 Å². The fraction of sp³-hybridized carbons (Fsp3) is 0.350. The largest absolute Gasteiger partial charge is 0.493 e. The third kappa shape index (κ3) is 4.59. The van der Waals surface area contributed by atoms with Gasteiger partial charge in [-0.1, -0.05) is 12.2 Å². The Hall–Kier alpha value is -2.89. The number of ether oxygens (including phenoxy) is 5. The summed E-state index contributed by atoms with van der Waals surface area (Å²) in [6.45, 7) is 1.36. The number of hydrogen-bond donors (Lipinski definition) is 0. The minimum Gasteiger partial charge on any atom is -0.493 e. The maximum absolute atomic E-state index is 11.3. The third-order valence-corrected chi connectivity index (χ3v) is 3.88. The molecule has 0 N–H and O–H groups in total. The summed E-state index contributed by atoms with van der Waals surface area (Å²) in [5.74, 6) is 2.43. The lowest BCUT2D eigenvalue weighted by Gasteiger charge is -2.18. The normalized spacial score (nSPS) is 16.6. The highest BCUT2D eigenvalue weighted by molar-refractivity contribution is 5.68. The molecule has 140 valence electrons. The fourth-order valence-electron chi connectivity index (χ4n) is 2.68. The summed E-state index contributed by atoms with van der Waals surface area (Å²) >= 11 is 0. The Labute approximate surface area is 153 Å². The standard InChI is InChI=1S/C20H24O6/c1-13(21)26-17-10-14(8-9-16(17)22-2)6-7-15-11-18(23-3)20(25-5)19(12-15)24-4/h6-7,9-12,14H,8H2,1-5H3/b7-6-. The van der Waals surface area contributed by atoms with Gasteiger partial charge in [0, 0.05) is 12.8 Å². The van der Waals surface area contributed by atoms with Crippen molar-refractivity contribution in [3.63, 3.8) is 0 Å². The molecule has 1 aliphatic carbocycles. The van der Waals surface area contributed by atoms with E-state index in [1.165, 1.54) is 6.92 Å². The molecule has 26 heavy (non-hydrogen) atoms. The molecule has 0 bridgehead atoms. The van der Waals surface area contributed by atoms with Crippen LogP contribution in [-0.4, -0.2) is 34.4 Å². The van der Waals surface area contributed by atoms with Crippen LogP contribution in [0.5, 0.6) is 17.2 Å². The molecule has 1 atom stereocenters. The average Bonchev–Trinajstić information content (AvgIpc) is 2.65. The summed E-state index contributed by atoms with van der Waals surface area (Å²) in [6.07, 6.45) is 8.50. The molecule has 0 heterocycles. The van der Waals surface area contributed by atoms with Gasteiger partial charge in [0.2, 0.25) is 5.75 Å². The van der Waals surface area contributed by atoms with Crippen molar-refractivity contribution < 1.29 is 28.5 Å². The van der Waals surface area contributed by atoms with Crippen LogP contribution in [0.3, 0.4) is 0 Å². The summed E-state index contributed by atoms with van der Waals surface area (Å²) in [7, 11) is 6.28.